The number of methoxy groups -OCH3 is 1. The standard InChI is InChI=1S/C13H14N6O/c1-20-11-12(17-8-18-13(11)19-15)16-7-10-4-2-9(6-14)3-5-10/h2-5,8H,7,15H2,1H3,(H2,16,17,18,19). The molecule has 0 atom stereocenters. The molecular weight excluding hydrogens is 256 g/mol. The summed E-state index contributed by atoms with van der Waals surface area (Å²) in [5.74, 6) is 6.75. The number of nitrogens with zero attached hydrogens (tertiary/aromatic N) is 3. The summed E-state index contributed by atoms with van der Waals surface area (Å²) in [5.41, 5.74) is 4.10. The van der Waals surface area contributed by atoms with E-state index >= 15 is 0 Å². The fraction of sp³-hybridized carbons (Fsp3) is 0.154. The molecule has 0 spiro atoms. The van der Waals surface area contributed by atoms with Gasteiger partial charge in [-0.1, -0.05) is 12.1 Å². The Kier molecular flexibility index (Phi) is 4.32. The molecule has 20 heavy (non-hydrogen) atoms. The Bertz CT molecular complexity index is 620. The predicted molar refractivity (Wildman–Crippen MR) is 74.9 cm³/mol. The van der Waals surface area contributed by atoms with Crippen LogP contribution in [0.5, 0.6) is 5.75 Å². The van der Waals surface area contributed by atoms with Gasteiger partial charge in [0.25, 0.3) is 0 Å². The number of aromatic nitrogens is 2. The Balaban J connectivity index is 2.12. The van der Waals surface area contributed by atoms with Gasteiger partial charge in [0.2, 0.25) is 5.75 Å². The largest absolute Gasteiger partial charge is 0.490 e. The van der Waals surface area contributed by atoms with Gasteiger partial charge in [0.15, 0.2) is 11.6 Å². The first-order chi connectivity index (χ1) is 9.78. The molecule has 4 N–H and O–H groups in total. The number of nitrogens with one attached hydrogen (secondary N) is 2. The Morgan fingerprint density at radius 1 is 1.25 bits per heavy atom. The monoisotopic (exact) mass is 270 g/mol. The van der Waals surface area contributed by atoms with Crippen LogP contribution in [0.4, 0.5) is 11.6 Å². The van der Waals surface area contributed by atoms with Crippen LogP contribution in [0, 0.1) is 11.3 Å². The highest BCUT2D eigenvalue weighted by molar-refractivity contribution is 5.63. The van der Waals surface area contributed by atoms with Crippen molar-refractivity contribution in [2.24, 2.45) is 5.84 Å². The zero-order valence-corrected chi connectivity index (χ0v) is 10.9. The number of anilines is 2. The Morgan fingerprint density at radius 3 is 2.55 bits per heavy atom. The molecule has 1 aromatic carbocycles. The van der Waals surface area contributed by atoms with E-state index in [0.29, 0.717) is 29.5 Å². The van der Waals surface area contributed by atoms with Crippen LogP contribution in [0.25, 0.3) is 0 Å². The van der Waals surface area contributed by atoms with Crippen molar-refractivity contribution in [3.05, 3.63) is 41.7 Å². The van der Waals surface area contributed by atoms with Gasteiger partial charge >= 0.3 is 0 Å². The van der Waals surface area contributed by atoms with Gasteiger partial charge in [-0.3, -0.25) is 0 Å². The zero-order valence-electron chi connectivity index (χ0n) is 10.9. The van der Waals surface area contributed by atoms with Gasteiger partial charge in [0.05, 0.1) is 18.7 Å². The molecule has 2 aromatic rings. The minimum Gasteiger partial charge on any atom is -0.490 e. The molecule has 7 heteroatoms. The van der Waals surface area contributed by atoms with Gasteiger partial charge in [-0.15, -0.1) is 0 Å². The van der Waals surface area contributed by atoms with Crippen molar-refractivity contribution in [1.29, 1.82) is 5.26 Å². The SMILES string of the molecule is COc1c(NN)ncnc1NCc1ccc(C#N)cc1. The molecule has 7 nitrogen and oxygen atoms in total. The molecule has 1 heterocycles. The highest BCUT2D eigenvalue weighted by atomic mass is 16.5. The lowest BCUT2D eigenvalue weighted by Crippen LogP contribution is -2.12. The van der Waals surface area contributed by atoms with Gasteiger partial charge in [0.1, 0.15) is 6.33 Å². The van der Waals surface area contributed by atoms with E-state index < -0.39 is 0 Å². The van der Waals surface area contributed by atoms with Crippen LogP contribution in [-0.2, 0) is 6.54 Å². The first kappa shape index (κ1) is 13.6. The van der Waals surface area contributed by atoms with E-state index in [9.17, 15) is 0 Å². The quantitative estimate of drug-likeness (QED) is 0.554. The van der Waals surface area contributed by atoms with Crippen LogP contribution in [0.3, 0.4) is 0 Å². The van der Waals surface area contributed by atoms with E-state index in [-0.39, 0.29) is 0 Å². The molecule has 0 radical (unpaired) electrons. The minimum atomic E-state index is 0.407. The summed E-state index contributed by atoms with van der Waals surface area (Å²) in [6.45, 7) is 0.545. The van der Waals surface area contributed by atoms with Gasteiger partial charge in [-0.2, -0.15) is 5.26 Å². The maximum Gasteiger partial charge on any atom is 0.205 e. The van der Waals surface area contributed by atoms with Crippen molar-refractivity contribution in [1.82, 2.24) is 9.97 Å². The summed E-state index contributed by atoms with van der Waals surface area (Å²) in [6.07, 6.45) is 1.39. The zero-order chi connectivity index (χ0) is 14.4. The second kappa shape index (κ2) is 6.36. The average molecular weight is 270 g/mol. The van der Waals surface area contributed by atoms with Crippen molar-refractivity contribution >= 4 is 11.6 Å². The highest BCUT2D eigenvalue weighted by Gasteiger charge is 2.10. The topological polar surface area (TPSA) is 109 Å². The summed E-state index contributed by atoms with van der Waals surface area (Å²) >= 11 is 0. The lowest BCUT2D eigenvalue weighted by Gasteiger charge is -2.12. The molecule has 0 aliphatic carbocycles. The molecule has 0 saturated heterocycles. The highest BCUT2D eigenvalue weighted by Crippen LogP contribution is 2.28. The average Bonchev–Trinajstić information content (AvgIpc) is 2.52. The first-order valence-corrected chi connectivity index (χ1v) is 5.87. The normalized spacial score (nSPS) is 9.65. The second-order valence-electron chi connectivity index (χ2n) is 3.91. The van der Waals surface area contributed by atoms with Gasteiger partial charge in [-0.05, 0) is 17.7 Å². The molecule has 0 fully saturated rings. The number of nitrogens with two attached hydrogens (primary N) is 1. The van der Waals surface area contributed by atoms with Crippen molar-refractivity contribution in [3.8, 4) is 11.8 Å². The molecule has 1 aromatic heterocycles. The number of hydrogen-bond acceptors (Lipinski definition) is 7. The summed E-state index contributed by atoms with van der Waals surface area (Å²) in [4.78, 5) is 8.07. The molecule has 0 unspecified atom stereocenters. The minimum absolute atomic E-state index is 0.407. The summed E-state index contributed by atoms with van der Waals surface area (Å²) in [6, 6.07) is 9.36. The molecule has 0 saturated carbocycles. The van der Waals surface area contributed by atoms with E-state index in [4.69, 9.17) is 15.8 Å². The third kappa shape index (κ3) is 2.93. The Hall–Kier alpha value is -2.85. The molecular formula is C13H14N6O. The maximum atomic E-state index is 8.74. The number of hydrogen-bond donors (Lipinski definition) is 3. The Morgan fingerprint density at radius 2 is 1.95 bits per heavy atom. The van der Waals surface area contributed by atoms with Crippen molar-refractivity contribution < 1.29 is 4.74 Å². The summed E-state index contributed by atoms with van der Waals surface area (Å²) in [7, 11) is 1.52. The van der Waals surface area contributed by atoms with E-state index in [1.54, 1.807) is 12.1 Å². The number of ether oxygens (including phenoxy) is 1. The lowest BCUT2D eigenvalue weighted by atomic mass is 10.1. The summed E-state index contributed by atoms with van der Waals surface area (Å²) < 4.78 is 5.22. The number of benzene rings is 1. The van der Waals surface area contributed by atoms with E-state index in [1.165, 1.54) is 13.4 Å². The number of rotatable bonds is 5. The van der Waals surface area contributed by atoms with Gasteiger partial charge in [0, 0.05) is 6.54 Å². The second-order valence-corrected chi connectivity index (χ2v) is 3.91. The fourth-order valence-electron chi connectivity index (χ4n) is 1.68. The van der Waals surface area contributed by atoms with E-state index in [1.807, 2.05) is 12.1 Å². The van der Waals surface area contributed by atoms with Crippen LogP contribution in [0.15, 0.2) is 30.6 Å². The third-order valence-corrected chi connectivity index (χ3v) is 2.69. The molecule has 2 rings (SSSR count). The van der Waals surface area contributed by atoms with Crippen LogP contribution in [0.2, 0.25) is 0 Å². The molecule has 0 aliphatic rings. The predicted octanol–water partition coefficient (Wildman–Crippen LogP) is 1.25. The van der Waals surface area contributed by atoms with Crippen LogP contribution < -0.4 is 21.3 Å². The van der Waals surface area contributed by atoms with Crippen LogP contribution >= 0.6 is 0 Å². The molecule has 0 bridgehead atoms. The summed E-state index contributed by atoms with van der Waals surface area (Å²) in [5, 5.41) is 11.9. The van der Waals surface area contributed by atoms with E-state index in [0.717, 1.165) is 5.56 Å². The smallest absolute Gasteiger partial charge is 0.205 e. The third-order valence-electron chi connectivity index (χ3n) is 2.69. The lowest BCUT2D eigenvalue weighted by molar-refractivity contribution is 0.414. The fourth-order valence-corrected chi connectivity index (χ4v) is 1.68. The number of nitriles is 1. The maximum absolute atomic E-state index is 8.74. The van der Waals surface area contributed by atoms with E-state index in [2.05, 4.69) is 26.8 Å². The molecule has 0 amide bonds. The number of nitrogen functional groups attached to an aromatic ring is 1. The molecule has 102 valence electrons. The van der Waals surface area contributed by atoms with Gasteiger partial charge in [-0.25, -0.2) is 15.8 Å². The molecule has 0 aliphatic heterocycles. The van der Waals surface area contributed by atoms with Crippen molar-refractivity contribution in [2.75, 3.05) is 17.9 Å². The number of hydrazine groups is 1. The Labute approximate surface area is 116 Å². The van der Waals surface area contributed by atoms with Gasteiger partial charge < -0.3 is 15.5 Å². The van der Waals surface area contributed by atoms with Crippen LogP contribution in [0.1, 0.15) is 11.1 Å². The van der Waals surface area contributed by atoms with Crippen molar-refractivity contribution in [3.63, 3.8) is 0 Å². The first-order valence-electron chi connectivity index (χ1n) is 5.87. The van der Waals surface area contributed by atoms with Crippen LogP contribution in [-0.4, -0.2) is 17.1 Å². The van der Waals surface area contributed by atoms with Crippen molar-refractivity contribution in [2.45, 2.75) is 6.54 Å².